The van der Waals surface area contributed by atoms with E-state index < -0.39 is 0 Å². The minimum Gasteiger partial charge on any atom is -0.309 e. The molecule has 1 aliphatic rings. The van der Waals surface area contributed by atoms with Gasteiger partial charge in [-0.15, -0.1) is 0 Å². The van der Waals surface area contributed by atoms with Crippen molar-refractivity contribution in [1.82, 2.24) is 4.57 Å². The van der Waals surface area contributed by atoms with Gasteiger partial charge in [-0.05, 0) is 100 Å². The molecule has 0 N–H and O–H groups in total. The molecule has 0 spiro atoms. The van der Waals surface area contributed by atoms with Gasteiger partial charge in [0.1, 0.15) is 0 Å². The van der Waals surface area contributed by atoms with Crippen molar-refractivity contribution < 1.29 is 0 Å². The second-order valence-corrected chi connectivity index (χ2v) is 14.3. The zero-order valence-electron chi connectivity index (χ0n) is 28.8. The molecule has 0 unspecified atom stereocenters. The molecule has 53 heavy (non-hydrogen) atoms. The van der Waals surface area contributed by atoms with Gasteiger partial charge in [0.15, 0.2) is 0 Å². The standard InChI is InChI=1S/C52H31N/c1-3-16-34(17-4-1)46-38-22-11-12-23-39(38)47(35-18-5-2-6-19-35)52-42-28-31-43(40-24-13-25-41(48(40)42)51(46)52)53-44-29-26-32-14-7-9-20-36(32)49(44)50-37-21-10-8-15-33(37)27-30-45(50)53/h1-31H. The van der Waals surface area contributed by atoms with Gasteiger partial charge in [-0.2, -0.15) is 0 Å². The molecule has 0 bridgehead atoms. The van der Waals surface area contributed by atoms with Crippen molar-refractivity contribution in [3.05, 3.63) is 188 Å². The lowest BCUT2D eigenvalue weighted by atomic mass is 9.82. The molecule has 0 saturated carbocycles. The fourth-order valence-corrected chi connectivity index (χ4v) is 9.60. The highest BCUT2D eigenvalue weighted by Crippen LogP contribution is 2.58. The summed E-state index contributed by atoms with van der Waals surface area (Å²) in [5.74, 6) is 0. The third kappa shape index (κ3) is 3.86. The van der Waals surface area contributed by atoms with E-state index in [0.717, 1.165) is 0 Å². The minimum absolute atomic E-state index is 1.20. The SMILES string of the molecule is c1ccc(-c2c3c(c(-c4ccccc4)c4ccccc24)-c2ccc(-n4c5ccc6ccccc6c5c5c6ccccc6ccc54)c4cccc-3c24)cc1. The first-order chi connectivity index (χ1) is 26.3. The molecule has 1 heteroatoms. The summed E-state index contributed by atoms with van der Waals surface area (Å²) in [6.07, 6.45) is 0. The zero-order chi connectivity index (χ0) is 34.6. The Morgan fingerprint density at radius 3 is 1.26 bits per heavy atom. The molecular weight excluding hydrogens is 639 g/mol. The van der Waals surface area contributed by atoms with Gasteiger partial charge in [-0.3, -0.25) is 0 Å². The molecule has 0 amide bonds. The Morgan fingerprint density at radius 1 is 0.264 bits per heavy atom. The van der Waals surface area contributed by atoms with E-state index in [2.05, 4.69) is 193 Å². The highest BCUT2D eigenvalue weighted by Gasteiger charge is 2.31. The smallest absolute Gasteiger partial charge is 0.0548 e. The third-order valence-electron chi connectivity index (χ3n) is 11.7. The van der Waals surface area contributed by atoms with Crippen LogP contribution in [0.2, 0.25) is 0 Å². The van der Waals surface area contributed by atoms with Crippen LogP contribution in [-0.4, -0.2) is 4.57 Å². The molecule has 12 rings (SSSR count). The van der Waals surface area contributed by atoms with Crippen molar-refractivity contribution in [2.75, 3.05) is 0 Å². The second kappa shape index (κ2) is 10.8. The number of hydrogen-bond acceptors (Lipinski definition) is 0. The Labute approximate surface area is 306 Å². The average molecular weight is 670 g/mol. The van der Waals surface area contributed by atoms with E-state index in [9.17, 15) is 0 Å². The number of fused-ring (bicyclic) bond motifs is 11. The van der Waals surface area contributed by atoms with E-state index in [4.69, 9.17) is 0 Å². The van der Waals surface area contributed by atoms with E-state index >= 15 is 0 Å². The second-order valence-electron chi connectivity index (χ2n) is 14.3. The zero-order valence-corrected chi connectivity index (χ0v) is 28.8. The molecule has 1 heterocycles. The Balaban J connectivity index is 1.25. The van der Waals surface area contributed by atoms with Crippen molar-refractivity contribution in [3.8, 4) is 50.2 Å². The number of hydrogen-bond donors (Lipinski definition) is 0. The molecule has 11 aromatic rings. The van der Waals surface area contributed by atoms with Gasteiger partial charge >= 0.3 is 0 Å². The lowest BCUT2D eigenvalue weighted by molar-refractivity contribution is 1.20. The monoisotopic (exact) mass is 669 g/mol. The van der Waals surface area contributed by atoms with Crippen LogP contribution in [0, 0.1) is 0 Å². The van der Waals surface area contributed by atoms with Crippen molar-refractivity contribution in [1.29, 1.82) is 0 Å². The predicted octanol–water partition coefficient (Wildman–Crippen LogP) is 14.4. The van der Waals surface area contributed by atoms with Gasteiger partial charge in [0.05, 0.1) is 16.7 Å². The van der Waals surface area contributed by atoms with Gasteiger partial charge in [0, 0.05) is 16.2 Å². The highest BCUT2D eigenvalue weighted by atomic mass is 15.0. The number of benzene rings is 10. The van der Waals surface area contributed by atoms with Gasteiger partial charge in [0.25, 0.3) is 0 Å². The number of aromatic nitrogens is 1. The maximum Gasteiger partial charge on any atom is 0.0548 e. The van der Waals surface area contributed by atoms with E-state index in [1.165, 1.54) is 115 Å². The van der Waals surface area contributed by atoms with Crippen molar-refractivity contribution >= 4 is 64.9 Å². The van der Waals surface area contributed by atoms with Crippen LogP contribution in [0.5, 0.6) is 0 Å². The Hall–Kier alpha value is -6.96. The molecule has 0 aliphatic heterocycles. The van der Waals surface area contributed by atoms with Gasteiger partial charge < -0.3 is 4.57 Å². The summed E-state index contributed by atoms with van der Waals surface area (Å²) >= 11 is 0. The van der Waals surface area contributed by atoms with Gasteiger partial charge in [-0.1, -0.05) is 170 Å². The van der Waals surface area contributed by atoms with E-state index in [1.54, 1.807) is 0 Å². The minimum atomic E-state index is 1.20. The van der Waals surface area contributed by atoms with Crippen LogP contribution in [-0.2, 0) is 0 Å². The molecule has 1 aliphatic carbocycles. The van der Waals surface area contributed by atoms with Gasteiger partial charge in [-0.25, -0.2) is 0 Å². The van der Waals surface area contributed by atoms with Crippen LogP contribution in [0.4, 0.5) is 0 Å². The number of nitrogens with zero attached hydrogens (tertiary/aromatic N) is 1. The quantitative estimate of drug-likeness (QED) is 0.176. The topological polar surface area (TPSA) is 4.93 Å². The van der Waals surface area contributed by atoms with E-state index in [-0.39, 0.29) is 0 Å². The largest absolute Gasteiger partial charge is 0.309 e. The third-order valence-corrected chi connectivity index (χ3v) is 11.7. The molecule has 1 nitrogen and oxygen atoms in total. The summed E-state index contributed by atoms with van der Waals surface area (Å²) in [5, 5.41) is 12.9. The van der Waals surface area contributed by atoms with Crippen LogP contribution in [0.3, 0.4) is 0 Å². The Morgan fingerprint density at radius 2 is 0.717 bits per heavy atom. The lowest BCUT2D eigenvalue weighted by Gasteiger charge is -2.20. The maximum atomic E-state index is 2.53. The van der Waals surface area contributed by atoms with Crippen molar-refractivity contribution in [3.63, 3.8) is 0 Å². The first-order valence-electron chi connectivity index (χ1n) is 18.5. The molecule has 0 atom stereocenters. The highest BCUT2D eigenvalue weighted by molar-refractivity contribution is 6.31. The first kappa shape index (κ1) is 28.7. The average Bonchev–Trinajstić information content (AvgIpc) is 3.75. The lowest BCUT2D eigenvalue weighted by Crippen LogP contribution is -1.96. The fourth-order valence-electron chi connectivity index (χ4n) is 9.60. The van der Waals surface area contributed by atoms with Crippen molar-refractivity contribution in [2.24, 2.45) is 0 Å². The molecule has 0 radical (unpaired) electrons. The molecule has 0 fully saturated rings. The summed E-state index contributed by atoms with van der Waals surface area (Å²) in [4.78, 5) is 0. The summed E-state index contributed by atoms with van der Waals surface area (Å²) in [7, 11) is 0. The van der Waals surface area contributed by atoms with Crippen LogP contribution in [0.15, 0.2) is 188 Å². The molecule has 244 valence electrons. The normalized spacial score (nSPS) is 12.2. The van der Waals surface area contributed by atoms with E-state index in [1.807, 2.05) is 0 Å². The van der Waals surface area contributed by atoms with Crippen LogP contribution < -0.4 is 0 Å². The van der Waals surface area contributed by atoms with Crippen LogP contribution >= 0.6 is 0 Å². The van der Waals surface area contributed by atoms with Gasteiger partial charge in [0.2, 0.25) is 0 Å². The molecular formula is C52H31N. The predicted molar refractivity (Wildman–Crippen MR) is 226 cm³/mol. The fraction of sp³-hybridized carbons (Fsp3) is 0. The Kier molecular flexibility index (Phi) is 5.84. The van der Waals surface area contributed by atoms with Crippen LogP contribution in [0.25, 0.3) is 115 Å². The van der Waals surface area contributed by atoms with Crippen molar-refractivity contribution in [2.45, 2.75) is 0 Å². The molecule has 10 aromatic carbocycles. The number of rotatable bonds is 3. The maximum absolute atomic E-state index is 2.53. The molecule has 0 saturated heterocycles. The molecule has 1 aromatic heterocycles. The summed E-state index contributed by atoms with van der Waals surface area (Å²) in [6.45, 7) is 0. The van der Waals surface area contributed by atoms with Crippen LogP contribution in [0.1, 0.15) is 0 Å². The summed E-state index contributed by atoms with van der Waals surface area (Å²) < 4.78 is 2.53. The first-order valence-corrected chi connectivity index (χ1v) is 18.5. The summed E-state index contributed by atoms with van der Waals surface area (Å²) in [6, 6.07) is 69.6. The Bertz CT molecular complexity index is 3130. The summed E-state index contributed by atoms with van der Waals surface area (Å²) in [5.41, 5.74) is 14.0. The van der Waals surface area contributed by atoms with E-state index in [0.29, 0.717) is 0 Å².